The van der Waals surface area contributed by atoms with Crippen LogP contribution >= 0.6 is 0 Å². The van der Waals surface area contributed by atoms with Gasteiger partial charge in [-0.3, -0.25) is 4.99 Å². The van der Waals surface area contributed by atoms with Gasteiger partial charge in [0.15, 0.2) is 5.96 Å². The molecule has 1 unspecified atom stereocenters. The first-order chi connectivity index (χ1) is 13.2. The molecule has 7 heteroatoms. The lowest BCUT2D eigenvalue weighted by Gasteiger charge is -2.37. The lowest BCUT2D eigenvalue weighted by atomic mass is 9.69. The van der Waals surface area contributed by atoms with E-state index in [0.29, 0.717) is 18.9 Å². The van der Waals surface area contributed by atoms with Crippen molar-refractivity contribution in [3.8, 4) is 0 Å². The number of guanidine groups is 1. The number of aliphatic imine (C=N–C) groups is 1. The zero-order valence-corrected chi connectivity index (χ0v) is 18.1. The van der Waals surface area contributed by atoms with E-state index >= 15 is 0 Å². The topological polar surface area (TPSA) is 70.6 Å². The van der Waals surface area contributed by atoms with Gasteiger partial charge in [-0.05, 0) is 50.8 Å². The number of sulfone groups is 1. The average Bonchev–Trinajstić information content (AvgIpc) is 2.65. The minimum absolute atomic E-state index is 0.000604. The highest BCUT2D eigenvalue weighted by Crippen LogP contribution is 2.39. The number of nitrogens with zero attached hydrogens (tertiary/aromatic N) is 1. The Hall–Kier alpha value is -1.63. The van der Waals surface area contributed by atoms with Crippen molar-refractivity contribution in [1.29, 1.82) is 0 Å². The van der Waals surface area contributed by atoms with E-state index in [1.165, 1.54) is 24.8 Å². The fourth-order valence-electron chi connectivity index (χ4n) is 3.82. The van der Waals surface area contributed by atoms with Crippen LogP contribution in [0.1, 0.15) is 57.9 Å². The number of nitrogens with one attached hydrogen (secondary N) is 2. The monoisotopic (exact) mass is 411 g/mol. The number of halogens is 1. The largest absolute Gasteiger partial charge is 0.357 e. The van der Waals surface area contributed by atoms with Gasteiger partial charge in [0.05, 0.1) is 12.3 Å². The molecule has 0 amide bonds. The second kappa shape index (κ2) is 10.2. The summed E-state index contributed by atoms with van der Waals surface area (Å²) in [6.07, 6.45) is 7.42. The molecule has 1 fully saturated rings. The van der Waals surface area contributed by atoms with Gasteiger partial charge in [-0.15, -0.1) is 0 Å². The maximum atomic E-state index is 13.4. The standard InChI is InChI=1S/C21H34FN3O2S/c1-4-23-20(25-17(2)12-15-28(3,26)27)24-16-21(13-6-5-7-14-21)18-8-10-19(22)11-9-18/h8-11,17H,4-7,12-16H2,1-3H3,(H2,23,24,25). The molecule has 1 aromatic rings. The molecule has 0 spiro atoms. The number of hydrogen-bond acceptors (Lipinski definition) is 3. The molecule has 1 aliphatic carbocycles. The highest BCUT2D eigenvalue weighted by molar-refractivity contribution is 7.90. The van der Waals surface area contributed by atoms with E-state index in [2.05, 4.69) is 10.6 Å². The summed E-state index contributed by atoms with van der Waals surface area (Å²) >= 11 is 0. The van der Waals surface area contributed by atoms with E-state index in [-0.39, 0.29) is 23.0 Å². The summed E-state index contributed by atoms with van der Waals surface area (Å²) in [6.45, 7) is 5.34. The van der Waals surface area contributed by atoms with Crippen LogP contribution in [0.5, 0.6) is 0 Å². The second-order valence-corrected chi connectivity index (χ2v) is 10.3. The van der Waals surface area contributed by atoms with Crippen LogP contribution in [0.2, 0.25) is 0 Å². The summed E-state index contributed by atoms with van der Waals surface area (Å²) in [4.78, 5) is 4.84. The van der Waals surface area contributed by atoms with Crippen molar-refractivity contribution >= 4 is 15.8 Å². The van der Waals surface area contributed by atoms with Crippen LogP contribution in [0.15, 0.2) is 29.3 Å². The predicted octanol–water partition coefficient (Wildman–Crippen LogP) is 3.41. The minimum Gasteiger partial charge on any atom is -0.357 e. The fourth-order valence-corrected chi connectivity index (χ4v) is 4.60. The van der Waals surface area contributed by atoms with Gasteiger partial charge in [0.2, 0.25) is 0 Å². The molecule has 5 nitrogen and oxygen atoms in total. The number of benzene rings is 1. The Morgan fingerprint density at radius 3 is 2.43 bits per heavy atom. The lowest BCUT2D eigenvalue weighted by Crippen LogP contribution is -2.44. The van der Waals surface area contributed by atoms with E-state index in [0.717, 1.165) is 37.8 Å². The molecule has 0 heterocycles. The first-order valence-corrected chi connectivity index (χ1v) is 12.3. The van der Waals surface area contributed by atoms with E-state index in [1.807, 2.05) is 26.0 Å². The molecule has 0 radical (unpaired) electrons. The molecule has 1 aliphatic rings. The Morgan fingerprint density at radius 2 is 1.86 bits per heavy atom. The average molecular weight is 412 g/mol. The third kappa shape index (κ3) is 7.08. The SMILES string of the molecule is CCNC(=NCC1(c2ccc(F)cc2)CCCCC1)NC(C)CCS(C)(=O)=O. The van der Waals surface area contributed by atoms with Crippen LogP contribution in [-0.2, 0) is 15.3 Å². The summed E-state index contributed by atoms with van der Waals surface area (Å²) < 4.78 is 36.2. The van der Waals surface area contributed by atoms with E-state index in [4.69, 9.17) is 4.99 Å². The smallest absolute Gasteiger partial charge is 0.191 e. The lowest BCUT2D eigenvalue weighted by molar-refractivity contribution is 0.300. The van der Waals surface area contributed by atoms with Gasteiger partial charge in [0, 0.05) is 24.3 Å². The van der Waals surface area contributed by atoms with Gasteiger partial charge < -0.3 is 10.6 Å². The van der Waals surface area contributed by atoms with Crippen LogP contribution in [0, 0.1) is 5.82 Å². The Morgan fingerprint density at radius 1 is 1.21 bits per heavy atom. The van der Waals surface area contributed by atoms with Gasteiger partial charge in [-0.1, -0.05) is 31.4 Å². The maximum Gasteiger partial charge on any atom is 0.191 e. The van der Waals surface area contributed by atoms with Gasteiger partial charge in [0.25, 0.3) is 0 Å². The number of hydrogen-bond donors (Lipinski definition) is 2. The second-order valence-electron chi connectivity index (χ2n) is 8.01. The number of rotatable bonds is 8. The van der Waals surface area contributed by atoms with Crippen molar-refractivity contribution < 1.29 is 12.8 Å². The Labute approximate surface area is 169 Å². The summed E-state index contributed by atoms with van der Waals surface area (Å²) in [7, 11) is -2.98. The minimum atomic E-state index is -2.98. The Bertz CT molecular complexity index is 741. The first kappa shape index (κ1) is 22.7. The maximum absolute atomic E-state index is 13.4. The quantitative estimate of drug-likeness (QED) is 0.508. The van der Waals surface area contributed by atoms with Gasteiger partial charge in [0.1, 0.15) is 15.7 Å². The molecule has 2 rings (SSSR count). The van der Waals surface area contributed by atoms with E-state index < -0.39 is 9.84 Å². The normalized spacial score (nSPS) is 18.5. The van der Waals surface area contributed by atoms with Crippen molar-refractivity contribution in [3.63, 3.8) is 0 Å². The van der Waals surface area contributed by atoms with Crippen LogP contribution in [-0.4, -0.2) is 45.5 Å². The molecule has 0 aromatic heterocycles. The third-order valence-electron chi connectivity index (χ3n) is 5.46. The molecule has 28 heavy (non-hydrogen) atoms. The molecule has 0 aliphatic heterocycles. The van der Waals surface area contributed by atoms with E-state index in [1.54, 1.807) is 0 Å². The molecular formula is C21H34FN3O2S. The summed E-state index contributed by atoms with van der Waals surface area (Å²) in [5.74, 6) is 0.642. The van der Waals surface area contributed by atoms with Crippen molar-refractivity contribution in [2.75, 3.05) is 25.1 Å². The fraction of sp³-hybridized carbons (Fsp3) is 0.667. The predicted molar refractivity (Wildman–Crippen MR) is 114 cm³/mol. The van der Waals surface area contributed by atoms with Crippen LogP contribution in [0.3, 0.4) is 0 Å². The van der Waals surface area contributed by atoms with Crippen LogP contribution in [0.4, 0.5) is 4.39 Å². The van der Waals surface area contributed by atoms with Gasteiger partial charge >= 0.3 is 0 Å². The Balaban J connectivity index is 2.13. The van der Waals surface area contributed by atoms with Crippen molar-refractivity contribution in [3.05, 3.63) is 35.6 Å². The first-order valence-electron chi connectivity index (χ1n) is 10.2. The molecule has 158 valence electrons. The highest BCUT2D eigenvalue weighted by Gasteiger charge is 2.34. The molecule has 1 aromatic carbocycles. The summed E-state index contributed by atoms with van der Waals surface area (Å²) in [6, 6.07) is 6.86. The third-order valence-corrected chi connectivity index (χ3v) is 6.43. The summed E-state index contributed by atoms with van der Waals surface area (Å²) in [5, 5.41) is 6.58. The van der Waals surface area contributed by atoms with Crippen molar-refractivity contribution in [2.45, 2.75) is 63.8 Å². The molecule has 2 N–H and O–H groups in total. The summed E-state index contributed by atoms with van der Waals surface area (Å²) in [5.41, 5.74) is 1.09. The zero-order valence-electron chi connectivity index (χ0n) is 17.3. The molecule has 1 atom stereocenters. The Kier molecular flexibility index (Phi) is 8.28. The van der Waals surface area contributed by atoms with Crippen LogP contribution in [0.25, 0.3) is 0 Å². The molecule has 1 saturated carbocycles. The molecule has 0 saturated heterocycles. The zero-order chi connectivity index (χ0) is 20.6. The van der Waals surface area contributed by atoms with Crippen molar-refractivity contribution in [1.82, 2.24) is 10.6 Å². The van der Waals surface area contributed by atoms with Crippen molar-refractivity contribution in [2.24, 2.45) is 4.99 Å². The van der Waals surface area contributed by atoms with Gasteiger partial charge in [-0.25, -0.2) is 12.8 Å². The highest BCUT2D eigenvalue weighted by atomic mass is 32.2. The van der Waals surface area contributed by atoms with Crippen LogP contribution < -0.4 is 10.6 Å². The molecular weight excluding hydrogens is 377 g/mol. The van der Waals surface area contributed by atoms with Gasteiger partial charge in [-0.2, -0.15) is 0 Å². The molecule has 0 bridgehead atoms. The van der Waals surface area contributed by atoms with E-state index in [9.17, 15) is 12.8 Å².